The third kappa shape index (κ3) is 5.71. The van der Waals surface area contributed by atoms with E-state index >= 15 is 0 Å². The van der Waals surface area contributed by atoms with Gasteiger partial charge in [0.25, 0.3) is 5.91 Å². The lowest BCUT2D eigenvalue weighted by molar-refractivity contribution is -0.151. The molecule has 2 amide bonds. The van der Waals surface area contributed by atoms with Crippen LogP contribution in [0.2, 0.25) is 5.02 Å². The summed E-state index contributed by atoms with van der Waals surface area (Å²) in [5, 5.41) is 17.3. The molecule has 0 spiro atoms. The lowest BCUT2D eigenvalue weighted by Gasteiger charge is -2.39. The van der Waals surface area contributed by atoms with E-state index in [1.54, 1.807) is 4.90 Å². The number of hydrogen-bond donors (Lipinski definition) is 3. The molecular formula is C32H36ClN5O5. The molecule has 1 aliphatic rings. The minimum absolute atomic E-state index is 0.219. The van der Waals surface area contributed by atoms with Gasteiger partial charge in [0.1, 0.15) is 11.4 Å². The lowest BCUT2D eigenvalue weighted by atomic mass is 9.98. The Morgan fingerprint density at radius 3 is 2.37 bits per heavy atom. The number of carbonyl (C=O) groups is 3. The van der Waals surface area contributed by atoms with E-state index in [1.807, 2.05) is 49.8 Å². The number of ether oxygens (including phenoxy) is 1. The Kier molecular flexibility index (Phi) is 8.25. The predicted octanol–water partition coefficient (Wildman–Crippen LogP) is 4.80. The number of amides is 2. The number of fused-ring (bicyclic) bond motifs is 1. The van der Waals surface area contributed by atoms with Crippen LogP contribution in [0.4, 0.5) is 0 Å². The Balaban J connectivity index is 1.46. The number of nitrogens with zero attached hydrogens (tertiary/aromatic N) is 3. The Bertz CT molecular complexity index is 1740. The van der Waals surface area contributed by atoms with E-state index in [2.05, 4.69) is 36.2 Å². The summed E-state index contributed by atoms with van der Waals surface area (Å²) in [5.41, 5.74) is 9.15. The maximum absolute atomic E-state index is 13.8. The smallest absolute Gasteiger partial charge is 0.394 e. The molecule has 0 radical (unpaired) electrons. The molecule has 4 aromatic rings. The quantitative estimate of drug-likeness (QED) is 0.195. The zero-order valence-electron chi connectivity index (χ0n) is 25.2. The number of carboxylic acid groups (broad SMARTS) is 1. The molecule has 5 rings (SSSR count). The van der Waals surface area contributed by atoms with Crippen LogP contribution >= 0.6 is 11.6 Å². The molecule has 43 heavy (non-hydrogen) atoms. The zero-order chi connectivity index (χ0) is 31.2. The number of aromatic nitrogens is 3. The summed E-state index contributed by atoms with van der Waals surface area (Å²) in [5.74, 6) is -2.03. The highest BCUT2D eigenvalue weighted by atomic mass is 35.5. The molecule has 2 aromatic heterocycles. The molecule has 226 valence electrons. The van der Waals surface area contributed by atoms with Gasteiger partial charge in [-0.1, -0.05) is 17.7 Å². The Labute approximate surface area is 255 Å². The Hall–Kier alpha value is -4.31. The average Bonchev–Trinajstić information content (AvgIpc) is 3.42. The summed E-state index contributed by atoms with van der Waals surface area (Å²) in [6, 6.07) is 7.45. The molecule has 1 saturated heterocycles. The molecule has 0 saturated carbocycles. The second-order valence-corrected chi connectivity index (χ2v) is 11.7. The van der Waals surface area contributed by atoms with Gasteiger partial charge in [-0.15, -0.1) is 0 Å². The molecule has 3 heterocycles. The highest BCUT2D eigenvalue weighted by Crippen LogP contribution is 2.40. The van der Waals surface area contributed by atoms with Crippen LogP contribution < -0.4 is 10.1 Å². The van der Waals surface area contributed by atoms with Crippen molar-refractivity contribution in [1.82, 2.24) is 25.0 Å². The molecule has 11 heteroatoms. The fraction of sp³-hybridized carbons (Fsp3) is 0.375. The number of carboxylic acids is 1. The number of benzene rings is 2. The summed E-state index contributed by atoms with van der Waals surface area (Å²) in [7, 11) is 1.88. The van der Waals surface area contributed by atoms with Crippen molar-refractivity contribution < 1.29 is 24.2 Å². The maximum atomic E-state index is 13.8. The lowest BCUT2D eigenvalue weighted by Crippen LogP contribution is -2.61. The van der Waals surface area contributed by atoms with Gasteiger partial charge in [-0.2, -0.15) is 5.10 Å². The topological polar surface area (TPSA) is 130 Å². The van der Waals surface area contributed by atoms with Crippen LogP contribution in [0.5, 0.6) is 5.75 Å². The molecule has 1 aliphatic heterocycles. The normalized spacial score (nSPS) is 13.3. The van der Waals surface area contributed by atoms with E-state index in [1.165, 1.54) is 16.7 Å². The van der Waals surface area contributed by atoms with Gasteiger partial charge in [-0.05, 0) is 87.9 Å². The third-order valence-corrected chi connectivity index (χ3v) is 8.76. The number of likely N-dealkylation sites (tertiary alicyclic amines) is 1. The van der Waals surface area contributed by atoms with Crippen LogP contribution in [-0.2, 0) is 23.1 Å². The number of rotatable bonds is 8. The minimum Gasteiger partial charge on any atom is -0.494 e. The van der Waals surface area contributed by atoms with Crippen LogP contribution in [0.1, 0.15) is 50.6 Å². The highest BCUT2D eigenvalue weighted by molar-refractivity contribution is 6.35. The van der Waals surface area contributed by atoms with Crippen molar-refractivity contribution in [1.29, 1.82) is 0 Å². The van der Waals surface area contributed by atoms with Crippen molar-refractivity contribution in [3.05, 3.63) is 68.6 Å². The van der Waals surface area contributed by atoms with Gasteiger partial charge >= 0.3 is 11.9 Å². The number of hydrogen-bond acceptors (Lipinski definition) is 5. The summed E-state index contributed by atoms with van der Waals surface area (Å²) in [4.78, 5) is 41.3. The van der Waals surface area contributed by atoms with E-state index in [-0.39, 0.29) is 19.0 Å². The second kappa shape index (κ2) is 11.8. The first kappa shape index (κ1) is 30.2. The molecule has 0 bridgehead atoms. The van der Waals surface area contributed by atoms with E-state index < -0.39 is 17.9 Å². The Morgan fingerprint density at radius 1 is 1.09 bits per heavy atom. The van der Waals surface area contributed by atoms with Gasteiger partial charge in [0, 0.05) is 42.3 Å². The maximum Gasteiger partial charge on any atom is 0.394 e. The molecule has 0 atom stereocenters. The van der Waals surface area contributed by atoms with Gasteiger partial charge in [0.15, 0.2) is 0 Å². The summed E-state index contributed by atoms with van der Waals surface area (Å²) < 4.78 is 7.92. The SMILES string of the molecule is Cc1cc(OCCCc2c(C(=O)N3CC(NC(=O)C(=O)O)C3)[nH]c3c(-c4c(C)nn(C)c4C)c(Cl)ccc23)cc(C)c1C. The largest absolute Gasteiger partial charge is 0.494 e. The fourth-order valence-electron chi connectivity index (χ4n) is 5.77. The van der Waals surface area contributed by atoms with Gasteiger partial charge in [-0.25, -0.2) is 4.79 Å². The summed E-state index contributed by atoms with van der Waals surface area (Å²) in [6.07, 6.45) is 1.24. The molecule has 10 nitrogen and oxygen atoms in total. The number of aromatic amines is 1. The van der Waals surface area contributed by atoms with Crippen molar-refractivity contribution in [2.45, 2.75) is 53.5 Å². The third-order valence-electron chi connectivity index (χ3n) is 8.44. The van der Waals surface area contributed by atoms with Crippen LogP contribution in [0.25, 0.3) is 22.0 Å². The molecular weight excluding hydrogens is 570 g/mol. The monoisotopic (exact) mass is 605 g/mol. The second-order valence-electron chi connectivity index (χ2n) is 11.3. The van der Waals surface area contributed by atoms with Crippen LogP contribution in [0, 0.1) is 34.6 Å². The summed E-state index contributed by atoms with van der Waals surface area (Å²) >= 11 is 6.80. The first-order chi connectivity index (χ1) is 20.4. The number of H-pyrrole nitrogens is 1. The van der Waals surface area contributed by atoms with Gasteiger partial charge in [0.05, 0.1) is 28.9 Å². The van der Waals surface area contributed by atoms with Gasteiger partial charge in [-0.3, -0.25) is 14.3 Å². The van der Waals surface area contributed by atoms with E-state index in [0.29, 0.717) is 30.2 Å². The number of halogens is 1. The zero-order valence-corrected chi connectivity index (χ0v) is 26.0. The van der Waals surface area contributed by atoms with Crippen molar-refractivity contribution in [3.63, 3.8) is 0 Å². The highest BCUT2D eigenvalue weighted by Gasteiger charge is 2.35. The predicted molar refractivity (Wildman–Crippen MR) is 165 cm³/mol. The first-order valence-electron chi connectivity index (χ1n) is 14.2. The Morgan fingerprint density at radius 2 is 1.77 bits per heavy atom. The number of nitrogens with one attached hydrogen (secondary N) is 2. The van der Waals surface area contributed by atoms with Crippen LogP contribution in [0.15, 0.2) is 24.3 Å². The van der Waals surface area contributed by atoms with E-state index in [9.17, 15) is 14.4 Å². The molecule has 2 aromatic carbocycles. The van der Waals surface area contributed by atoms with Gasteiger partial charge < -0.3 is 25.0 Å². The van der Waals surface area contributed by atoms with E-state index in [0.717, 1.165) is 44.7 Å². The van der Waals surface area contributed by atoms with Crippen molar-refractivity contribution in [2.75, 3.05) is 19.7 Å². The van der Waals surface area contributed by atoms with Crippen LogP contribution in [0.3, 0.4) is 0 Å². The average molecular weight is 606 g/mol. The first-order valence-corrected chi connectivity index (χ1v) is 14.6. The molecule has 1 fully saturated rings. The molecule has 3 N–H and O–H groups in total. The van der Waals surface area contributed by atoms with E-state index in [4.69, 9.17) is 21.4 Å². The van der Waals surface area contributed by atoms with Crippen molar-refractivity contribution >= 4 is 40.3 Å². The number of aryl methyl sites for hydroxylation is 5. The standard InChI is InChI=1S/C32H36ClN5O5/c1-16-12-22(13-17(2)18(16)3)43-11-7-8-23-24-9-10-25(33)27(26-19(4)36-37(6)20(26)5)28(24)35-29(23)31(40)38-14-21(15-38)34-30(39)32(41)42/h9-10,12-13,21,35H,7-8,11,14-15H2,1-6H3,(H,34,39)(H,41,42). The summed E-state index contributed by atoms with van der Waals surface area (Å²) in [6.45, 7) is 11.1. The van der Waals surface area contributed by atoms with Crippen molar-refractivity contribution in [2.24, 2.45) is 7.05 Å². The molecule has 0 unspecified atom stereocenters. The van der Waals surface area contributed by atoms with Crippen LogP contribution in [-0.4, -0.2) is 68.3 Å². The minimum atomic E-state index is -1.55. The molecule has 0 aliphatic carbocycles. The fourth-order valence-corrected chi connectivity index (χ4v) is 6.03. The van der Waals surface area contributed by atoms with Crippen molar-refractivity contribution in [3.8, 4) is 16.9 Å². The van der Waals surface area contributed by atoms with Gasteiger partial charge in [0.2, 0.25) is 0 Å². The number of aliphatic carboxylic acids is 1. The number of carbonyl (C=O) groups excluding carboxylic acids is 2.